The van der Waals surface area contributed by atoms with Gasteiger partial charge in [0, 0.05) is 31.4 Å². The van der Waals surface area contributed by atoms with Crippen molar-refractivity contribution in [2.24, 2.45) is 0 Å². The molecule has 2 heterocycles. The number of hydrogen-bond donors (Lipinski definition) is 1. The number of fused-ring (bicyclic) bond motifs is 1. The zero-order chi connectivity index (χ0) is 20.9. The van der Waals surface area contributed by atoms with Gasteiger partial charge >= 0.3 is 0 Å². The zero-order valence-corrected chi connectivity index (χ0v) is 17.9. The van der Waals surface area contributed by atoms with E-state index in [2.05, 4.69) is 34.5 Å². The first-order valence-electron chi connectivity index (χ1n) is 10.1. The Hall–Kier alpha value is -3.19. The molecule has 7 heteroatoms. The second-order valence-corrected chi connectivity index (χ2v) is 8.03. The number of carbonyl (C=O) groups excluding carboxylic acids is 1. The third kappa shape index (κ3) is 4.21. The van der Waals surface area contributed by atoms with Crippen molar-refractivity contribution in [2.75, 3.05) is 18.4 Å². The van der Waals surface area contributed by atoms with Crippen LogP contribution in [0.2, 0.25) is 0 Å². The molecule has 0 unspecified atom stereocenters. The molecule has 30 heavy (non-hydrogen) atoms. The van der Waals surface area contributed by atoms with Gasteiger partial charge in [0.15, 0.2) is 5.58 Å². The minimum atomic E-state index is 0.0169. The lowest BCUT2D eigenvalue weighted by Crippen LogP contribution is -2.30. The number of anilines is 1. The van der Waals surface area contributed by atoms with Crippen LogP contribution in [0.4, 0.5) is 5.69 Å². The highest BCUT2D eigenvalue weighted by atomic mass is 32.1. The average molecular weight is 421 g/mol. The molecule has 2 aromatic heterocycles. The molecule has 0 saturated carbocycles. The van der Waals surface area contributed by atoms with E-state index in [-0.39, 0.29) is 5.91 Å². The summed E-state index contributed by atoms with van der Waals surface area (Å²) in [5.41, 5.74) is 3.52. The lowest BCUT2D eigenvalue weighted by molar-refractivity contribution is 0.0769. The largest absolute Gasteiger partial charge is 0.381 e. The summed E-state index contributed by atoms with van der Waals surface area (Å²) in [6.07, 6.45) is 2.57. The van der Waals surface area contributed by atoms with Crippen LogP contribution in [0.5, 0.6) is 0 Å². The number of rotatable bonds is 8. The number of amides is 1. The predicted molar refractivity (Wildman–Crippen MR) is 121 cm³/mol. The van der Waals surface area contributed by atoms with E-state index in [4.69, 9.17) is 4.52 Å². The second-order valence-electron chi connectivity index (χ2n) is 7.00. The van der Waals surface area contributed by atoms with E-state index in [1.807, 2.05) is 48.2 Å². The number of thiazole rings is 1. The van der Waals surface area contributed by atoms with Crippen molar-refractivity contribution in [1.29, 1.82) is 0 Å². The van der Waals surface area contributed by atoms with Crippen molar-refractivity contribution in [3.8, 4) is 10.7 Å². The molecule has 0 saturated heterocycles. The van der Waals surface area contributed by atoms with E-state index < -0.39 is 0 Å². The van der Waals surface area contributed by atoms with Crippen LogP contribution >= 0.6 is 11.3 Å². The average Bonchev–Trinajstić information content (AvgIpc) is 3.43. The maximum absolute atomic E-state index is 12.7. The van der Waals surface area contributed by atoms with Crippen LogP contribution in [0, 0.1) is 0 Å². The standard InChI is InChI=1S/C23H24N4O2S/c1-3-12-27(4-2)23(28)20-15-25-22(30-20)21-18-11-10-17(13-19(18)29-26-21)24-14-16-8-6-5-7-9-16/h5-11,13,15,24H,3-4,12,14H2,1-2H3. The molecule has 0 bridgehead atoms. The molecule has 0 spiro atoms. The lowest BCUT2D eigenvalue weighted by atomic mass is 10.2. The normalized spacial score (nSPS) is 11.0. The fraction of sp³-hybridized carbons (Fsp3) is 0.261. The van der Waals surface area contributed by atoms with Crippen LogP contribution in [-0.4, -0.2) is 34.0 Å². The van der Waals surface area contributed by atoms with Crippen LogP contribution < -0.4 is 5.32 Å². The number of aromatic nitrogens is 2. The lowest BCUT2D eigenvalue weighted by Gasteiger charge is -2.18. The topological polar surface area (TPSA) is 71.3 Å². The summed E-state index contributed by atoms with van der Waals surface area (Å²) in [6, 6.07) is 16.1. The van der Waals surface area contributed by atoms with Crippen molar-refractivity contribution < 1.29 is 9.32 Å². The predicted octanol–water partition coefficient (Wildman–Crippen LogP) is 5.44. The van der Waals surface area contributed by atoms with E-state index >= 15 is 0 Å². The molecule has 0 radical (unpaired) electrons. The Morgan fingerprint density at radius 3 is 2.77 bits per heavy atom. The summed E-state index contributed by atoms with van der Waals surface area (Å²) in [4.78, 5) is 19.6. The van der Waals surface area contributed by atoms with Gasteiger partial charge in [-0.1, -0.05) is 42.4 Å². The summed E-state index contributed by atoms with van der Waals surface area (Å²) in [6.45, 7) is 6.22. The molecule has 154 valence electrons. The van der Waals surface area contributed by atoms with Crippen molar-refractivity contribution in [3.63, 3.8) is 0 Å². The summed E-state index contributed by atoms with van der Waals surface area (Å²) < 4.78 is 5.55. The summed E-state index contributed by atoms with van der Waals surface area (Å²) >= 11 is 1.35. The fourth-order valence-electron chi connectivity index (χ4n) is 3.31. The maximum atomic E-state index is 12.7. The van der Waals surface area contributed by atoms with Crippen LogP contribution in [0.15, 0.2) is 59.3 Å². The van der Waals surface area contributed by atoms with E-state index in [0.717, 1.165) is 30.6 Å². The molecule has 4 aromatic rings. The first-order chi connectivity index (χ1) is 14.7. The van der Waals surface area contributed by atoms with E-state index in [9.17, 15) is 4.79 Å². The van der Waals surface area contributed by atoms with Crippen LogP contribution in [-0.2, 0) is 6.54 Å². The SMILES string of the molecule is CCCN(CC)C(=O)c1cnc(-c2noc3cc(NCc4ccccc4)ccc23)s1. The summed E-state index contributed by atoms with van der Waals surface area (Å²) in [5, 5.41) is 9.19. The van der Waals surface area contributed by atoms with Crippen LogP contribution in [0.1, 0.15) is 35.5 Å². The monoisotopic (exact) mass is 420 g/mol. The maximum Gasteiger partial charge on any atom is 0.265 e. The molecule has 0 aliphatic heterocycles. The Morgan fingerprint density at radius 2 is 2.00 bits per heavy atom. The second kappa shape index (κ2) is 9.09. The molecule has 0 atom stereocenters. The zero-order valence-electron chi connectivity index (χ0n) is 17.1. The molecule has 4 rings (SSSR count). The van der Waals surface area contributed by atoms with Gasteiger partial charge in [-0.05, 0) is 31.0 Å². The van der Waals surface area contributed by atoms with Gasteiger partial charge in [-0.3, -0.25) is 4.79 Å². The van der Waals surface area contributed by atoms with E-state index in [0.29, 0.717) is 27.7 Å². The van der Waals surface area contributed by atoms with Gasteiger partial charge in [0.25, 0.3) is 5.91 Å². The highest BCUT2D eigenvalue weighted by molar-refractivity contribution is 7.17. The van der Waals surface area contributed by atoms with Gasteiger partial charge in [0.2, 0.25) is 0 Å². The number of benzene rings is 2. The molecule has 0 aliphatic carbocycles. The summed E-state index contributed by atoms with van der Waals surface area (Å²) in [7, 11) is 0. The third-order valence-corrected chi connectivity index (χ3v) is 5.89. The minimum Gasteiger partial charge on any atom is -0.381 e. The Kier molecular flexibility index (Phi) is 6.09. The fourth-order valence-corrected chi connectivity index (χ4v) is 4.19. The Balaban J connectivity index is 1.53. The first kappa shape index (κ1) is 20.1. The van der Waals surface area contributed by atoms with E-state index in [1.54, 1.807) is 6.20 Å². The van der Waals surface area contributed by atoms with Crippen molar-refractivity contribution in [1.82, 2.24) is 15.0 Å². The number of nitrogens with one attached hydrogen (secondary N) is 1. The number of nitrogens with zero attached hydrogens (tertiary/aromatic N) is 3. The van der Waals surface area contributed by atoms with Crippen molar-refractivity contribution in [2.45, 2.75) is 26.8 Å². The van der Waals surface area contributed by atoms with Crippen molar-refractivity contribution >= 4 is 33.9 Å². The summed E-state index contributed by atoms with van der Waals surface area (Å²) in [5.74, 6) is 0.0169. The molecule has 0 fully saturated rings. The molecule has 1 amide bonds. The number of hydrogen-bond acceptors (Lipinski definition) is 6. The molecule has 0 aliphatic rings. The van der Waals surface area contributed by atoms with Gasteiger partial charge in [-0.2, -0.15) is 0 Å². The van der Waals surface area contributed by atoms with Gasteiger partial charge < -0.3 is 14.7 Å². The number of carbonyl (C=O) groups is 1. The molecule has 2 aromatic carbocycles. The quantitative estimate of drug-likeness (QED) is 0.411. The highest BCUT2D eigenvalue weighted by Crippen LogP contribution is 2.32. The van der Waals surface area contributed by atoms with Gasteiger partial charge in [0.05, 0.1) is 11.6 Å². The highest BCUT2D eigenvalue weighted by Gasteiger charge is 2.20. The minimum absolute atomic E-state index is 0.0169. The Labute approximate surface area is 179 Å². The molecule has 6 nitrogen and oxygen atoms in total. The third-order valence-electron chi connectivity index (χ3n) is 4.89. The smallest absolute Gasteiger partial charge is 0.265 e. The van der Waals surface area contributed by atoms with Gasteiger partial charge in [-0.15, -0.1) is 11.3 Å². The Morgan fingerprint density at radius 1 is 1.17 bits per heavy atom. The van der Waals surface area contributed by atoms with Crippen molar-refractivity contribution in [3.05, 3.63) is 65.2 Å². The van der Waals surface area contributed by atoms with Crippen LogP contribution in [0.25, 0.3) is 21.7 Å². The van der Waals surface area contributed by atoms with Crippen LogP contribution in [0.3, 0.4) is 0 Å². The molecular formula is C23H24N4O2S. The first-order valence-corrected chi connectivity index (χ1v) is 10.9. The van der Waals surface area contributed by atoms with E-state index in [1.165, 1.54) is 16.9 Å². The Bertz CT molecular complexity index is 1140. The van der Waals surface area contributed by atoms with Gasteiger partial charge in [-0.25, -0.2) is 4.98 Å². The van der Waals surface area contributed by atoms with Gasteiger partial charge in [0.1, 0.15) is 15.6 Å². The molecule has 1 N–H and O–H groups in total. The molecular weight excluding hydrogens is 396 g/mol.